The average Bonchev–Trinajstić information content (AvgIpc) is 3.27. The number of hydrogen-bond donors (Lipinski definition) is 2. The van der Waals surface area contributed by atoms with Gasteiger partial charge in [-0.2, -0.15) is 0 Å². The van der Waals surface area contributed by atoms with E-state index in [0.717, 1.165) is 12.8 Å². The number of imidazole rings is 1. The Hall–Kier alpha value is -1.83. The number of nitrogens with zero attached hydrogens (tertiary/aromatic N) is 4. The topological polar surface area (TPSA) is 117 Å². The fraction of sp³-hybridized carbons (Fsp3) is 0.625. The van der Waals surface area contributed by atoms with E-state index in [1.807, 2.05) is 25.3 Å². The van der Waals surface area contributed by atoms with Crippen molar-refractivity contribution in [1.82, 2.24) is 24.6 Å². The lowest BCUT2D eigenvalue weighted by Gasteiger charge is -2.19. The van der Waals surface area contributed by atoms with E-state index in [4.69, 9.17) is 15.2 Å². The minimum Gasteiger partial charge on any atom is -0.462 e. The summed E-state index contributed by atoms with van der Waals surface area (Å²) in [7, 11) is 0.332. The molecular formula is C16H25N6O3P. The highest BCUT2D eigenvalue weighted by Gasteiger charge is 2.51. The molecule has 0 aromatic carbocycles. The lowest BCUT2D eigenvalue weighted by Crippen LogP contribution is -2.37. The average molecular weight is 380 g/mol. The van der Waals surface area contributed by atoms with E-state index in [2.05, 4.69) is 20.0 Å². The van der Waals surface area contributed by atoms with Gasteiger partial charge >= 0.3 is 5.97 Å². The SMILES string of the molecule is CC(C)OC(=O)C1(NPCOC(C)Cn2cnc3c(N)ncnc32)CC1. The summed E-state index contributed by atoms with van der Waals surface area (Å²) in [5.74, 6) is 0.214. The minimum absolute atomic E-state index is 0.0318. The summed E-state index contributed by atoms with van der Waals surface area (Å²) in [6, 6.07) is 0. The maximum atomic E-state index is 12.1. The number of carbonyl (C=O) groups is 1. The summed E-state index contributed by atoms with van der Waals surface area (Å²) < 4.78 is 13.1. The van der Waals surface area contributed by atoms with Gasteiger partial charge < -0.3 is 19.8 Å². The highest BCUT2D eigenvalue weighted by Crippen LogP contribution is 2.39. The van der Waals surface area contributed by atoms with Gasteiger partial charge in [-0.1, -0.05) is 0 Å². The van der Waals surface area contributed by atoms with Crippen LogP contribution in [0.2, 0.25) is 0 Å². The number of aromatic nitrogens is 4. The molecule has 0 saturated heterocycles. The largest absolute Gasteiger partial charge is 0.462 e. The van der Waals surface area contributed by atoms with Crippen LogP contribution in [0, 0.1) is 0 Å². The molecule has 0 bridgehead atoms. The fourth-order valence-electron chi connectivity index (χ4n) is 2.58. The highest BCUT2D eigenvalue weighted by molar-refractivity contribution is 7.35. The fourth-order valence-corrected chi connectivity index (χ4v) is 3.71. The number of anilines is 1. The Balaban J connectivity index is 1.44. The molecule has 26 heavy (non-hydrogen) atoms. The molecule has 1 aliphatic rings. The number of carbonyl (C=O) groups excluding carboxylic acids is 1. The zero-order chi connectivity index (χ0) is 18.7. The maximum absolute atomic E-state index is 12.1. The third kappa shape index (κ3) is 4.28. The van der Waals surface area contributed by atoms with Crippen molar-refractivity contribution < 1.29 is 14.3 Å². The first-order chi connectivity index (χ1) is 12.4. The lowest BCUT2D eigenvalue weighted by atomic mass is 10.3. The second-order valence-electron chi connectivity index (χ2n) is 6.79. The quantitative estimate of drug-likeness (QED) is 0.381. The monoisotopic (exact) mass is 380 g/mol. The van der Waals surface area contributed by atoms with Crippen LogP contribution in [0.4, 0.5) is 5.82 Å². The van der Waals surface area contributed by atoms with Crippen molar-refractivity contribution in [3.8, 4) is 0 Å². The molecule has 0 radical (unpaired) electrons. The number of hydrogen-bond acceptors (Lipinski definition) is 8. The lowest BCUT2D eigenvalue weighted by molar-refractivity contribution is -0.150. The Morgan fingerprint density at radius 3 is 2.85 bits per heavy atom. The number of rotatable bonds is 9. The van der Waals surface area contributed by atoms with Gasteiger partial charge in [0, 0.05) is 0 Å². The molecule has 9 nitrogen and oxygen atoms in total. The van der Waals surface area contributed by atoms with Crippen molar-refractivity contribution in [3.63, 3.8) is 0 Å². The Bertz CT molecular complexity index is 776. The predicted molar refractivity (Wildman–Crippen MR) is 99.8 cm³/mol. The van der Waals surface area contributed by atoms with E-state index < -0.39 is 5.54 Å². The van der Waals surface area contributed by atoms with E-state index in [1.54, 1.807) is 6.33 Å². The Kier molecular flexibility index (Phi) is 5.70. The summed E-state index contributed by atoms with van der Waals surface area (Å²) >= 11 is 0. The Morgan fingerprint density at radius 2 is 2.15 bits per heavy atom. The summed E-state index contributed by atoms with van der Waals surface area (Å²) in [5.41, 5.74) is 6.60. The van der Waals surface area contributed by atoms with Gasteiger partial charge in [0.05, 0.1) is 31.4 Å². The van der Waals surface area contributed by atoms with Gasteiger partial charge in [0.15, 0.2) is 11.5 Å². The van der Waals surface area contributed by atoms with Crippen LogP contribution in [-0.4, -0.2) is 49.6 Å². The highest BCUT2D eigenvalue weighted by atomic mass is 31.1. The number of esters is 1. The molecule has 2 aromatic rings. The van der Waals surface area contributed by atoms with Gasteiger partial charge in [-0.25, -0.2) is 15.0 Å². The smallest absolute Gasteiger partial charge is 0.326 e. The molecular weight excluding hydrogens is 355 g/mol. The molecule has 1 fully saturated rings. The van der Waals surface area contributed by atoms with Gasteiger partial charge in [-0.15, -0.1) is 0 Å². The maximum Gasteiger partial charge on any atom is 0.326 e. The van der Waals surface area contributed by atoms with Crippen LogP contribution in [0.25, 0.3) is 11.2 Å². The first-order valence-electron chi connectivity index (χ1n) is 8.65. The molecule has 3 rings (SSSR count). The molecule has 2 atom stereocenters. The normalized spacial score (nSPS) is 17.2. The Morgan fingerprint density at radius 1 is 1.38 bits per heavy atom. The molecule has 0 amide bonds. The second kappa shape index (κ2) is 7.82. The number of nitrogen functional groups attached to an aromatic ring is 1. The Labute approximate surface area is 153 Å². The first-order valence-corrected chi connectivity index (χ1v) is 9.86. The number of nitrogens with one attached hydrogen (secondary N) is 1. The van der Waals surface area contributed by atoms with Crippen molar-refractivity contribution in [2.24, 2.45) is 0 Å². The number of nitrogens with two attached hydrogens (primary N) is 1. The van der Waals surface area contributed by atoms with Crippen LogP contribution < -0.4 is 10.8 Å². The van der Waals surface area contributed by atoms with Crippen molar-refractivity contribution in [3.05, 3.63) is 12.7 Å². The predicted octanol–water partition coefficient (Wildman–Crippen LogP) is 1.44. The summed E-state index contributed by atoms with van der Waals surface area (Å²) in [6.07, 6.45) is 5.17. The third-order valence-electron chi connectivity index (χ3n) is 4.13. The molecule has 0 spiro atoms. The van der Waals surface area contributed by atoms with Gasteiger partial charge in [-0.05, 0) is 42.3 Å². The van der Waals surface area contributed by atoms with Crippen molar-refractivity contribution in [2.45, 2.75) is 57.9 Å². The van der Waals surface area contributed by atoms with Crippen LogP contribution in [0.5, 0.6) is 0 Å². The van der Waals surface area contributed by atoms with Crippen molar-refractivity contribution in [2.75, 3.05) is 12.1 Å². The van der Waals surface area contributed by atoms with E-state index in [-0.39, 0.29) is 18.2 Å². The van der Waals surface area contributed by atoms with E-state index in [9.17, 15) is 4.79 Å². The third-order valence-corrected chi connectivity index (χ3v) is 5.10. The molecule has 10 heteroatoms. The standard InChI is InChI=1S/C16H25N6O3P/c1-10(2)25-15(23)16(4-5-16)21-26-9-24-11(3)6-22-8-20-12-13(17)18-7-19-14(12)22/h7-8,10-11,21,26H,4-6,9H2,1-3H3,(H2,17,18,19). The molecule has 142 valence electrons. The summed E-state index contributed by atoms with van der Waals surface area (Å²) in [6.45, 7) is 6.32. The van der Waals surface area contributed by atoms with Crippen LogP contribution in [0.15, 0.2) is 12.7 Å². The molecule has 1 saturated carbocycles. The zero-order valence-corrected chi connectivity index (χ0v) is 16.2. The molecule has 3 N–H and O–H groups in total. The molecule has 2 heterocycles. The van der Waals surface area contributed by atoms with Crippen LogP contribution in [0.1, 0.15) is 33.6 Å². The van der Waals surface area contributed by atoms with Gasteiger partial charge in [0.25, 0.3) is 0 Å². The zero-order valence-electron chi connectivity index (χ0n) is 15.2. The van der Waals surface area contributed by atoms with Crippen LogP contribution >= 0.6 is 8.73 Å². The summed E-state index contributed by atoms with van der Waals surface area (Å²) in [4.78, 5) is 24.5. The minimum atomic E-state index is -0.496. The first kappa shape index (κ1) is 18.9. The van der Waals surface area contributed by atoms with Crippen LogP contribution in [-0.2, 0) is 20.8 Å². The molecule has 0 aliphatic heterocycles. The van der Waals surface area contributed by atoms with Crippen molar-refractivity contribution in [1.29, 1.82) is 0 Å². The van der Waals surface area contributed by atoms with Crippen molar-refractivity contribution >= 4 is 31.7 Å². The number of fused-ring (bicyclic) bond motifs is 1. The van der Waals surface area contributed by atoms with Gasteiger partial charge in [0.2, 0.25) is 0 Å². The van der Waals surface area contributed by atoms with E-state index in [1.165, 1.54) is 6.33 Å². The van der Waals surface area contributed by atoms with E-state index >= 15 is 0 Å². The second-order valence-corrected chi connectivity index (χ2v) is 7.68. The van der Waals surface area contributed by atoms with Gasteiger partial charge in [-0.3, -0.25) is 9.88 Å². The molecule has 2 aromatic heterocycles. The summed E-state index contributed by atoms with van der Waals surface area (Å²) in [5, 5.41) is 3.30. The van der Waals surface area contributed by atoms with E-state index in [0.29, 0.717) is 38.6 Å². The van der Waals surface area contributed by atoms with Gasteiger partial charge in [0.1, 0.15) is 17.4 Å². The van der Waals surface area contributed by atoms with Crippen LogP contribution in [0.3, 0.4) is 0 Å². The molecule has 1 aliphatic carbocycles. The number of ether oxygens (including phenoxy) is 2. The molecule has 2 unspecified atom stereocenters.